The van der Waals surface area contributed by atoms with Gasteiger partial charge in [0.15, 0.2) is 11.6 Å². The molecule has 3 aromatic heterocycles. The summed E-state index contributed by atoms with van der Waals surface area (Å²) in [5.74, 6) is 2.68. The largest absolute Gasteiger partial charge is 0.489 e. The van der Waals surface area contributed by atoms with Crippen molar-refractivity contribution in [3.8, 4) is 22.9 Å². The molecule has 0 aromatic carbocycles. The second-order valence-corrected chi connectivity index (χ2v) is 10.1. The molecule has 38 heavy (non-hydrogen) atoms. The van der Waals surface area contributed by atoms with E-state index in [4.69, 9.17) is 15.2 Å². The normalized spacial score (nSPS) is 19.3. The van der Waals surface area contributed by atoms with Gasteiger partial charge in [0, 0.05) is 50.2 Å². The molecule has 1 saturated carbocycles. The Hall–Kier alpha value is -3.96. The van der Waals surface area contributed by atoms with Gasteiger partial charge in [-0.05, 0) is 50.0 Å². The van der Waals surface area contributed by atoms with Crippen molar-refractivity contribution in [2.75, 3.05) is 43.5 Å². The summed E-state index contributed by atoms with van der Waals surface area (Å²) >= 11 is 0. The van der Waals surface area contributed by atoms with Gasteiger partial charge in [0.1, 0.15) is 0 Å². The molecule has 0 spiro atoms. The van der Waals surface area contributed by atoms with Crippen molar-refractivity contribution in [3.05, 3.63) is 30.5 Å². The van der Waals surface area contributed by atoms with E-state index in [1.54, 1.807) is 17.1 Å². The highest BCUT2D eigenvalue weighted by atomic mass is 16.5. The molecular formula is C26H35N9O3. The lowest BCUT2D eigenvalue weighted by molar-refractivity contribution is 0.0943. The minimum atomic E-state index is -0.330. The molecule has 4 heterocycles. The number of anilines is 2. The number of pyridine rings is 1. The first-order valence-corrected chi connectivity index (χ1v) is 13.2. The van der Waals surface area contributed by atoms with Gasteiger partial charge in [-0.2, -0.15) is 20.1 Å². The average Bonchev–Trinajstić information content (AvgIpc) is 3.46. The van der Waals surface area contributed by atoms with Gasteiger partial charge in [0.2, 0.25) is 11.8 Å². The molecule has 1 saturated heterocycles. The quantitative estimate of drug-likeness (QED) is 0.407. The Morgan fingerprint density at radius 3 is 2.61 bits per heavy atom. The highest BCUT2D eigenvalue weighted by Crippen LogP contribution is 2.37. The molecule has 5 rings (SSSR count). The van der Waals surface area contributed by atoms with Crippen LogP contribution in [0.4, 0.5) is 11.8 Å². The van der Waals surface area contributed by atoms with E-state index < -0.39 is 0 Å². The van der Waals surface area contributed by atoms with Crippen LogP contribution in [-0.2, 0) is 7.05 Å². The Labute approximate surface area is 222 Å². The van der Waals surface area contributed by atoms with Crippen LogP contribution in [0.2, 0.25) is 0 Å². The molecule has 2 aliphatic rings. The molecule has 1 amide bonds. The third-order valence-corrected chi connectivity index (χ3v) is 7.14. The standard InChI is InChI=1S/C26H35N9O3/c1-4-28-24(36)23-31-25(33-26(32-23)38-15-19-9-16(19)2)35-7-5-17(6-8-35)14-37-21-10-18(11-29-22(21)27)20-12-30-34(3)13-20/h10-13,16-17,19H,4-9,14-15H2,1-3H3,(H2,27,29)(H,28,36)/t16-,19-/m1/s1. The van der Waals surface area contributed by atoms with E-state index in [0.717, 1.165) is 43.5 Å². The molecule has 12 nitrogen and oxygen atoms in total. The van der Waals surface area contributed by atoms with Crippen LogP contribution in [0.1, 0.15) is 43.7 Å². The van der Waals surface area contributed by atoms with Gasteiger partial charge in [0.05, 0.1) is 19.4 Å². The fourth-order valence-corrected chi connectivity index (χ4v) is 4.51. The zero-order valence-electron chi connectivity index (χ0n) is 22.1. The number of nitrogen functional groups attached to an aromatic ring is 1. The van der Waals surface area contributed by atoms with E-state index in [2.05, 4.69) is 42.2 Å². The lowest BCUT2D eigenvalue weighted by atomic mass is 9.98. The predicted molar refractivity (Wildman–Crippen MR) is 142 cm³/mol. The first kappa shape index (κ1) is 25.7. The minimum absolute atomic E-state index is 0.0811. The third kappa shape index (κ3) is 6.12. The van der Waals surface area contributed by atoms with E-state index in [9.17, 15) is 4.79 Å². The fraction of sp³-hybridized carbons (Fsp3) is 0.538. The van der Waals surface area contributed by atoms with E-state index in [1.807, 2.05) is 26.2 Å². The van der Waals surface area contributed by atoms with Crippen molar-refractivity contribution in [2.45, 2.75) is 33.1 Å². The molecule has 202 valence electrons. The first-order valence-electron chi connectivity index (χ1n) is 13.2. The maximum atomic E-state index is 12.5. The molecule has 2 fully saturated rings. The maximum absolute atomic E-state index is 12.5. The van der Waals surface area contributed by atoms with Gasteiger partial charge < -0.3 is 25.4 Å². The van der Waals surface area contributed by atoms with Crippen LogP contribution in [0, 0.1) is 17.8 Å². The number of nitrogens with two attached hydrogens (primary N) is 1. The van der Waals surface area contributed by atoms with Crippen LogP contribution in [0.5, 0.6) is 11.8 Å². The van der Waals surface area contributed by atoms with Gasteiger partial charge >= 0.3 is 6.01 Å². The zero-order valence-corrected chi connectivity index (χ0v) is 22.1. The third-order valence-electron chi connectivity index (χ3n) is 7.14. The molecule has 2 atom stereocenters. The maximum Gasteiger partial charge on any atom is 0.321 e. The van der Waals surface area contributed by atoms with Crippen LogP contribution >= 0.6 is 0 Å². The molecule has 0 bridgehead atoms. The first-order chi connectivity index (χ1) is 18.4. The molecule has 3 aromatic rings. The highest BCUT2D eigenvalue weighted by Gasteiger charge is 2.33. The summed E-state index contributed by atoms with van der Waals surface area (Å²) in [5.41, 5.74) is 7.95. The number of nitrogens with zero attached hydrogens (tertiary/aromatic N) is 7. The molecule has 1 aliphatic heterocycles. The monoisotopic (exact) mass is 521 g/mol. The van der Waals surface area contributed by atoms with Crippen molar-refractivity contribution in [1.29, 1.82) is 0 Å². The number of hydrogen-bond donors (Lipinski definition) is 2. The molecule has 1 aliphatic carbocycles. The number of aryl methyl sites for hydroxylation is 1. The SMILES string of the molecule is CCNC(=O)c1nc(OC[C@H]2C[C@H]2C)nc(N2CCC(COc3cc(-c4cnn(C)c4)cnc3N)CC2)n1. The van der Waals surface area contributed by atoms with Crippen molar-refractivity contribution >= 4 is 17.7 Å². The summed E-state index contributed by atoms with van der Waals surface area (Å²) < 4.78 is 13.7. The van der Waals surface area contributed by atoms with Crippen LogP contribution in [0.25, 0.3) is 11.1 Å². The highest BCUT2D eigenvalue weighted by molar-refractivity contribution is 5.90. The van der Waals surface area contributed by atoms with E-state index in [1.165, 1.54) is 0 Å². The van der Waals surface area contributed by atoms with Crippen LogP contribution in [-0.4, -0.2) is 68.5 Å². The number of carbonyl (C=O) groups excluding carboxylic acids is 1. The van der Waals surface area contributed by atoms with E-state index >= 15 is 0 Å². The number of rotatable bonds is 10. The average molecular weight is 522 g/mol. The predicted octanol–water partition coefficient (Wildman–Crippen LogP) is 2.33. The smallest absolute Gasteiger partial charge is 0.321 e. The Bertz CT molecular complexity index is 1270. The van der Waals surface area contributed by atoms with Gasteiger partial charge in [-0.3, -0.25) is 9.48 Å². The van der Waals surface area contributed by atoms with E-state index in [-0.39, 0.29) is 17.7 Å². The molecule has 0 unspecified atom stereocenters. The second-order valence-electron chi connectivity index (χ2n) is 10.1. The summed E-state index contributed by atoms with van der Waals surface area (Å²) in [7, 11) is 1.87. The summed E-state index contributed by atoms with van der Waals surface area (Å²) in [6.07, 6.45) is 8.35. The number of amides is 1. The van der Waals surface area contributed by atoms with E-state index in [0.29, 0.717) is 55.0 Å². The number of piperidine rings is 1. The second kappa shape index (κ2) is 11.2. The topological polar surface area (TPSA) is 146 Å². The summed E-state index contributed by atoms with van der Waals surface area (Å²) in [4.78, 5) is 32.1. The number of aromatic nitrogens is 6. The van der Waals surface area contributed by atoms with Crippen LogP contribution < -0.4 is 25.4 Å². The van der Waals surface area contributed by atoms with Crippen molar-refractivity contribution in [1.82, 2.24) is 35.0 Å². The summed E-state index contributed by atoms with van der Waals surface area (Å²) in [6, 6.07) is 2.11. The van der Waals surface area contributed by atoms with Gasteiger partial charge in [-0.15, -0.1) is 0 Å². The number of nitrogens with one attached hydrogen (secondary N) is 1. The Balaban J connectivity index is 1.20. The lowest BCUT2D eigenvalue weighted by Crippen LogP contribution is -2.37. The van der Waals surface area contributed by atoms with Crippen molar-refractivity contribution in [3.63, 3.8) is 0 Å². The van der Waals surface area contributed by atoms with Crippen LogP contribution in [0.15, 0.2) is 24.7 Å². The summed E-state index contributed by atoms with van der Waals surface area (Å²) in [6.45, 7) is 7.10. The number of ether oxygens (including phenoxy) is 2. The molecular weight excluding hydrogens is 486 g/mol. The zero-order chi connectivity index (χ0) is 26.6. The summed E-state index contributed by atoms with van der Waals surface area (Å²) in [5, 5.41) is 6.98. The van der Waals surface area contributed by atoms with Gasteiger partial charge in [-0.1, -0.05) is 6.92 Å². The van der Waals surface area contributed by atoms with Gasteiger partial charge in [-0.25, -0.2) is 4.98 Å². The Kier molecular flexibility index (Phi) is 7.57. The molecule has 3 N–H and O–H groups in total. The van der Waals surface area contributed by atoms with Crippen LogP contribution in [0.3, 0.4) is 0 Å². The fourth-order valence-electron chi connectivity index (χ4n) is 4.51. The minimum Gasteiger partial charge on any atom is -0.489 e. The number of carbonyl (C=O) groups is 1. The van der Waals surface area contributed by atoms with Crippen molar-refractivity contribution in [2.24, 2.45) is 24.8 Å². The molecule has 12 heteroatoms. The Morgan fingerprint density at radius 1 is 1.13 bits per heavy atom. The van der Waals surface area contributed by atoms with Crippen molar-refractivity contribution < 1.29 is 14.3 Å². The lowest BCUT2D eigenvalue weighted by Gasteiger charge is -2.32. The number of hydrogen-bond acceptors (Lipinski definition) is 10. The molecule has 0 radical (unpaired) electrons. The van der Waals surface area contributed by atoms with Gasteiger partial charge in [0.25, 0.3) is 5.91 Å². The Morgan fingerprint density at radius 2 is 1.92 bits per heavy atom.